The number of aliphatic hydroxyl groups is 1. The first kappa shape index (κ1) is 20.3. The van der Waals surface area contributed by atoms with E-state index in [0.29, 0.717) is 12.2 Å². The van der Waals surface area contributed by atoms with Crippen molar-refractivity contribution < 1.29 is 19.4 Å². The number of carbonyl (C=O) groups is 2. The summed E-state index contributed by atoms with van der Waals surface area (Å²) in [6.07, 6.45) is 6.91. The number of ether oxygens (including phenoxy) is 1. The summed E-state index contributed by atoms with van der Waals surface area (Å²) in [5.74, 6) is -0.304. The Morgan fingerprint density at radius 1 is 1.13 bits per heavy atom. The van der Waals surface area contributed by atoms with Gasteiger partial charge in [-0.2, -0.15) is 0 Å². The van der Waals surface area contributed by atoms with E-state index in [4.69, 9.17) is 4.74 Å². The molecule has 1 saturated carbocycles. The molecule has 1 saturated heterocycles. The number of amides is 1. The fourth-order valence-corrected chi connectivity index (χ4v) is 6.20. The van der Waals surface area contributed by atoms with Crippen molar-refractivity contribution in [2.75, 3.05) is 6.61 Å². The van der Waals surface area contributed by atoms with Gasteiger partial charge < -0.3 is 14.7 Å². The van der Waals surface area contributed by atoms with Crippen LogP contribution in [0.15, 0.2) is 35.2 Å². The van der Waals surface area contributed by atoms with E-state index in [1.807, 2.05) is 30.5 Å². The van der Waals surface area contributed by atoms with Crippen molar-refractivity contribution in [2.24, 2.45) is 0 Å². The molecule has 1 aliphatic carbocycles. The van der Waals surface area contributed by atoms with Crippen LogP contribution in [-0.4, -0.2) is 34.3 Å². The van der Waals surface area contributed by atoms with E-state index in [1.54, 1.807) is 22.3 Å². The molecule has 31 heavy (non-hydrogen) atoms. The van der Waals surface area contributed by atoms with E-state index in [1.165, 1.54) is 6.42 Å². The lowest BCUT2D eigenvalue weighted by molar-refractivity contribution is -0.141. The summed E-state index contributed by atoms with van der Waals surface area (Å²) >= 11 is 1.55. The first-order valence-electron chi connectivity index (χ1n) is 11.2. The van der Waals surface area contributed by atoms with Gasteiger partial charge in [-0.3, -0.25) is 9.59 Å². The van der Waals surface area contributed by atoms with Gasteiger partial charge in [0.1, 0.15) is 17.6 Å². The number of hydrogen-bond acceptors (Lipinski definition) is 5. The molecule has 5 nitrogen and oxygen atoms in total. The number of thiophene rings is 1. The van der Waals surface area contributed by atoms with Crippen molar-refractivity contribution in [2.45, 2.75) is 64.0 Å². The third kappa shape index (κ3) is 3.47. The van der Waals surface area contributed by atoms with Crippen LogP contribution in [0.25, 0.3) is 5.76 Å². The molecule has 2 aromatic rings. The van der Waals surface area contributed by atoms with Crippen LogP contribution in [-0.2, 0) is 16.0 Å². The van der Waals surface area contributed by atoms with E-state index < -0.39 is 17.7 Å². The van der Waals surface area contributed by atoms with Gasteiger partial charge in [0.15, 0.2) is 0 Å². The summed E-state index contributed by atoms with van der Waals surface area (Å²) in [6, 6.07) is 7.07. The number of Topliss-reactive ketones (excluding diaryl/α,β-unsaturated/α-hetero) is 1. The average Bonchev–Trinajstić information content (AvgIpc) is 3.34. The summed E-state index contributed by atoms with van der Waals surface area (Å²) in [4.78, 5) is 29.2. The van der Waals surface area contributed by atoms with Crippen LogP contribution in [0.1, 0.15) is 66.1 Å². The first-order valence-corrected chi connectivity index (χ1v) is 12.0. The Kier molecular flexibility index (Phi) is 5.34. The zero-order chi connectivity index (χ0) is 21.5. The van der Waals surface area contributed by atoms with Crippen LogP contribution < -0.4 is 4.74 Å². The Morgan fingerprint density at radius 3 is 2.68 bits per heavy atom. The molecule has 0 bridgehead atoms. The van der Waals surface area contributed by atoms with Crippen LogP contribution in [0.5, 0.6) is 5.75 Å². The monoisotopic (exact) mass is 437 g/mol. The molecule has 0 spiro atoms. The Hall–Kier alpha value is -2.60. The number of likely N-dealkylation sites (tertiary alicyclic amines) is 1. The Balaban J connectivity index is 1.64. The zero-order valence-electron chi connectivity index (χ0n) is 17.7. The highest BCUT2D eigenvalue weighted by Crippen LogP contribution is 2.45. The van der Waals surface area contributed by atoms with Crippen LogP contribution in [0.3, 0.4) is 0 Å². The third-order valence-electron chi connectivity index (χ3n) is 6.78. The van der Waals surface area contributed by atoms with Crippen molar-refractivity contribution in [3.05, 3.63) is 56.8 Å². The van der Waals surface area contributed by atoms with E-state index in [9.17, 15) is 14.7 Å². The molecule has 1 aromatic carbocycles. The highest BCUT2D eigenvalue weighted by molar-refractivity contribution is 7.10. The minimum absolute atomic E-state index is 0.0407. The normalized spacial score (nSPS) is 23.6. The lowest BCUT2D eigenvalue weighted by atomic mass is 9.92. The molecule has 1 unspecified atom stereocenters. The maximum absolute atomic E-state index is 13.2. The quantitative estimate of drug-likeness (QED) is 0.410. The average molecular weight is 438 g/mol. The number of hydrogen-bond donors (Lipinski definition) is 1. The lowest BCUT2D eigenvalue weighted by Crippen LogP contribution is -2.40. The van der Waals surface area contributed by atoms with Gasteiger partial charge in [0.2, 0.25) is 0 Å². The van der Waals surface area contributed by atoms with Crippen molar-refractivity contribution in [3.8, 4) is 5.75 Å². The molecule has 6 heteroatoms. The lowest BCUT2D eigenvalue weighted by Gasteiger charge is -2.35. The van der Waals surface area contributed by atoms with Crippen LogP contribution in [0.4, 0.5) is 0 Å². The number of ketones is 1. The largest absolute Gasteiger partial charge is 0.507 e. The molecular weight excluding hydrogens is 410 g/mol. The number of fused-ring (bicyclic) bond motifs is 1. The molecule has 162 valence electrons. The van der Waals surface area contributed by atoms with Crippen LogP contribution in [0, 0.1) is 6.92 Å². The third-order valence-corrected chi connectivity index (χ3v) is 7.85. The van der Waals surface area contributed by atoms with Crippen molar-refractivity contribution in [3.63, 3.8) is 0 Å². The van der Waals surface area contributed by atoms with Gasteiger partial charge in [0.05, 0.1) is 12.2 Å². The number of aryl methyl sites for hydroxylation is 2. The fourth-order valence-electron chi connectivity index (χ4n) is 5.17. The smallest absolute Gasteiger partial charge is 0.295 e. The van der Waals surface area contributed by atoms with Gasteiger partial charge >= 0.3 is 0 Å². The van der Waals surface area contributed by atoms with Crippen LogP contribution in [0.2, 0.25) is 0 Å². The number of rotatable bonds is 3. The first-order chi connectivity index (χ1) is 15.1. The molecule has 2 aliphatic heterocycles. The van der Waals surface area contributed by atoms with E-state index >= 15 is 0 Å². The Morgan fingerprint density at radius 2 is 1.94 bits per heavy atom. The van der Waals surface area contributed by atoms with Crippen molar-refractivity contribution >= 4 is 28.8 Å². The van der Waals surface area contributed by atoms with Gasteiger partial charge in [-0.05, 0) is 73.4 Å². The molecule has 3 heterocycles. The summed E-state index contributed by atoms with van der Waals surface area (Å²) in [5, 5.41) is 13.3. The second-order valence-electron chi connectivity index (χ2n) is 8.74. The molecular formula is C25H27NO4S. The highest BCUT2D eigenvalue weighted by atomic mass is 32.1. The number of carbonyl (C=O) groups excluding carboxylic acids is 2. The molecule has 1 atom stereocenters. The van der Waals surface area contributed by atoms with Crippen molar-refractivity contribution in [1.29, 1.82) is 0 Å². The molecule has 3 aliphatic rings. The van der Waals surface area contributed by atoms with E-state index in [-0.39, 0.29) is 17.4 Å². The summed E-state index contributed by atoms with van der Waals surface area (Å²) in [5.41, 5.74) is 2.87. The minimum atomic E-state index is -0.574. The predicted octanol–water partition coefficient (Wildman–Crippen LogP) is 5.14. The molecule has 0 radical (unpaired) electrons. The Bertz CT molecular complexity index is 1060. The van der Waals surface area contributed by atoms with Gasteiger partial charge in [-0.25, -0.2) is 0 Å². The number of nitrogens with zero attached hydrogens (tertiary/aromatic N) is 1. The fraction of sp³-hybridized carbons (Fsp3) is 0.440. The van der Waals surface area contributed by atoms with Gasteiger partial charge in [-0.1, -0.05) is 19.3 Å². The van der Waals surface area contributed by atoms with Crippen molar-refractivity contribution in [1.82, 2.24) is 4.90 Å². The second kappa shape index (κ2) is 8.15. The minimum Gasteiger partial charge on any atom is -0.507 e. The molecule has 1 aromatic heterocycles. The van der Waals surface area contributed by atoms with E-state index in [2.05, 4.69) is 0 Å². The van der Waals surface area contributed by atoms with E-state index in [0.717, 1.165) is 60.3 Å². The van der Waals surface area contributed by atoms with Gasteiger partial charge in [0.25, 0.3) is 11.7 Å². The molecule has 1 amide bonds. The highest BCUT2D eigenvalue weighted by Gasteiger charge is 2.49. The van der Waals surface area contributed by atoms with Gasteiger partial charge in [-0.15, -0.1) is 11.3 Å². The maximum atomic E-state index is 13.2. The SMILES string of the molecule is Cc1ccsc1C1/C(=C(/O)c2ccc3c(c2)CCCO3)C(=O)C(=O)N1C1CCCCC1. The zero-order valence-corrected chi connectivity index (χ0v) is 18.5. The molecule has 5 rings (SSSR count). The van der Waals surface area contributed by atoms with Crippen LogP contribution >= 0.6 is 11.3 Å². The maximum Gasteiger partial charge on any atom is 0.295 e. The predicted molar refractivity (Wildman–Crippen MR) is 120 cm³/mol. The summed E-state index contributed by atoms with van der Waals surface area (Å²) in [7, 11) is 0. The molecule has 2 fully saturated rings. The summed E-state index contributed by atoms with van der Waals surface area (Å²) < 4.78 is 5.69. The molecule has 1 N–H and O–H groups in total. The number of aliphatic hydroxyl groups excluding tert-OH is 1. The topological polar surface area (TPSA) is 66.8 Å². The second-order valence-corrected chi connectivity index (χ2v) is 9.69. The standard InChI is InChI=1S/C25H27NO4S/c1-15-11-13-31-24(15)21-20(23(28)25(29)26(21)18-7-3-2-4-8-18)22(27)17-9-10-19-16(14-17)6-5-12-30-19/h9-11,13-14,18,21,27H,2-8,12H2,1H3/b22-20-. The number of benzene rings is 1. The summed E-state index contributed by atoms with van der Waals surface area (Å²) in [6.45, 7) is 2.70. The Labute approximate surface area is 186 Å². The van der Waals surface area contributed by atoms with Gasteiger partial charge in [0, 0.05) is 16.5 Å².